The van der Waals surface area contributed by atoms with Crippen molar-refractivity contribution in [1.29, 1.82) is 0 Å². The molecule has 41 heavy (non-hydrogen) atoms. The summed E-state index contributed by atoms with van der Waals surface area (Å²) in [6.07, 6.45) is 2.90. The third-order valence-electron chi connectivity index (χ3n) is 5.87. The van der Waals surface area contributed by atoms with Crippen molar-refractivity contribution in [3.63, 3.8) is 0 Å². The van der Waals surface area contributed by atoms with Gasteiger partial charge in [-0.05, 0) is 72.8 Å². The second kappa shape index (κ2) is 13.2. The Balaban J connectivity index is 1.38. The topological polar surface area (TPSA) is 136 Å². The third-order valence-corrected chi connectivity index (χ3v) is 7.66. The molecule has 0 atom stereocenters. The highest BCUT2D eigenvalue weighted by Gasteiger charge is 2.19. The van der Waals surface area contributed by atoms with Crippen LogP contribution in [-0.2, 0) is 9.84 Å². The van der Waals surface area contributed by atoms with Crippen LogP contribution < -0.4 is 20.3 Å². The van der Waals surface area contributed by atoms with E-state index in [9.17, 15) is 18.0 Å². The van der Waals surface area contributed by atoms with Gasteiger partial charge in [0.25, 0.3) is 11.8 Å². The first-order valence-corrected chi connectivity index (χ1v) is 13.7. The molecule has 11 heteroatoms. The van der Waals surface area contributed by atoms with Crippen LogP contribution in [0, 0.1) is 0 Å². The van der Waals surface area contributed by atoms with Gasteiger partial charge in [-0.1, -0.05) is 24.3 Å². The van der Waals surface area contributed by atoms with Gasteiger partial charge in [0.2, 0.25) is 9.84 Å². The van der Waals surface area contributed by atoms with E-state index in [4.69, 9.17) is 9.47 Å². The Bertz CT molecular complexity index is 1580. The largest absolute Gasteiger partial charge is 0.496 e. The molecule has 0 saturated heterocycles. The number of ether oxygens (including phenoxy) is 2. The van der Waals surface area contributed by atoms with E-state index in [1.54, 1.807) is 24.3 Å². The fourth-order valence-electron chi connectivity index (χ4n) is 3.70. The maximum atomic E-state index is 13.1. The lowest BCUT2D eigenvalue weighted by molar-refractivity contribution is 0.0947. The van der Waals surface area contributed by atoms with Crippen LogP contribution in [-0.4, -0.2) is 46.9 Å². The number of carbonyl (C=O) groups is 2. The van der Waals surface area contributed by atoms with E-state index in [0.717, 1.165) is 0 Å². The van der Waals surface area contributed by atoms with E-state index in [1.165, 1.54) is 75.2 Å². The van der Waals surface area contributed by atoms with Gasteiger partial charge in [-0.15, -0.1) is 0 Å². The van der Waals surface area contributed by atoms with Crippen molar-refractivity contribution < 1.29 is 27.5 Å². The van der Waals surface area contributed by atoms with Crippen LogP contribution >= 0.6 is 0 Å². The highest BCUT2D eigenvalue weighted by Crippen LogP contribution is 2.22. The Morgan fingerprint density at radius 1 is 0.610 bits per heavy atom. The summed E-state index contributed by atoms with van der Waals surface area (Å²) in [6, 6.07) is 25.3. The van der Waals surface area contributed by atoms with Gasteiger partial charge >= 0.3 is 0 Å². The highest BCUT2D eigenvalue weighted by molar-refractivity contribution is 7.91. The van der Waals surface area contributed by atoms with Crippen molar-refractivity contribution in [3.05, 3.63) is 119 Å². The van der Waals surface area contributed by atoms with Gasteiger partial charge in [-0.3, -0.25) is 9.59 Å². The lowest BCUT2D eigenvalue weighted by atomic mass is 10.2. The van der Waals surface area contributed by atoms with Crippen molar-refractivity contribution in [2.24, 2.45) is 10.2 Å². The molecule has 0 fully saturated rings. The Morgan fingerprint density at radius 3 is 1.34 bits per heavy atom. The molecule has 2 N–H and O–H groups in total. The maximum absolute atomic E-state index is 13.1. The first kappa shape index (κ1) is 28.7. The molecule has 0 heterocycles. The molecule has 0 aliphatic rings. The average molecular weight is 571 g/mol. The van der Waals surface area contributed by atoms with Gasteiger partial charge in [0, 0.05) is 22.3 Å². The van der Waals surface area contributed by atoms with Gasteiger partial charge in [-0.25, -0.2) is 19.3 Å². The number of hydrazone groups is 2. The molecule has 0 aliphatic carbocycles. The number of amides is 2. The third kappa shape index (κ3) is 7.02. The molecule has 0 saturated carbocycles. The lowest BCUT2D eigenvalue weighted by Gasteiger charge is -2.07. The number of rotatable bonds is 10. The number of carbonyl (C=O) groups excluding carboxylic acids is 2. The molecule has 4 rings (SSSR count). The molecule has 10 nitrogen and oxygen atoms in total. The van der Waals surface area contributed by atoms with Crippen LogP contribution in [0.25, 0.3) is 0 Å². The fraction of sp³-hybridized carbons (Fsp3) is 0.0667. The van der Waals surface area contributed by atoms with E-state index >= 15 is 0 Å². The average Bonchev–Trinajstić information content (AvgIpc) is 3.01. The summed E-state index contributed by atoms with van der Waals surface area (Å²) >= 11 is 0. The minimum atomic E-state index is -3.90. The molecule has 4 aromatic carbocycles. The van der Waals surface area contributed by atoms with E-state index in [-0.39, 0.29) is 20.9 Å². The molecule has 0 bridgehead atoms. The lowest BCUT2D eigenvalue weighted by Crippen LogP contribution is -2.18. The summed E-state index contributed by atoms with van der Waals surface area (Å²) in [5, 5.41) is 7.88. The smallest absolute Gasteiger partial charge is 0.271 e. The number of nitrogens with one attached hydrogen (secondary N) is 2. The molecule has 2 amide bonds. The van der Waals surface area contributed by atoms with Crippen molar-refractivity contribution in [2.75, 3.05) is 14.2 Å². The van der Waals surface area contributed by atoms with Crippen LogP contribution in [0.3, 0.4) is 0 Å². The minimum absolute atomic E-state index is 0.00909. The second-order valence-corrected chi connectivity index (χ2v) is 10.4. The standard InChI is InChI=1S/C30H26N4O6S/c1-39-27-9-5-3-7-23(27)19-31-33-29(35)21-11-15-25(16-12-21)41(37,38)26-17-13-22(14-18-26)30(36)34-32-20-24-8-4-6-10-28(24)40-2/h3-20H,1-2H3,(H,33,35)(H,34,36)/b31-19+,32-20+. The van der Waals surface area contributed by atoms with Crippen molar-refractivity contribution >= 4 is 34.1 Å². The number of hydrogen-bond acceptors (Lipinski definition) is 8. The summed E-state index contributed by atoms with van der Waals surface area (Å²) in [4.78, 5) is 24.9. The summed E-state index contributed by atoms with van der Waals surface area (Å²) in [7, 11) is -0.826. The van der Waals surface area contributed by atoms with Crippen LogP contribution in [0.4, 0.5) is 0 Å². The van der Waals surface area contributed by atoms with Crippen molar-refractivity contribution in [2.45, 2.75) is 9.79 Å². The van der Waals surface area contributed by atoms with Crippen LogP contribution in [0.2, 0.25) is 0 Å². The number of sulfone groups is 1. The number of hydrogen-bond donors (Lipinski definition) is 2. The number of methoxy groups -OCH3 is 2. The molecule has 0 radical (unpaired) electrons. The number of para-hydroxylation sites is 2. The minimum Gasteiger partial charge on any atom is -0.496 e. The zero-order valence-electron chi connectivity index (χ0n) is 22.1. The van der Waals surface area contributed by atoms with E-state index in [1.807, 2.05) is 24.3 Å². The first-order valence-electron chi connectivity index (χ1n) is 12.2. The molecule has 0 spiro atoms. The van der Waals surface area contributed by atoms with E-state index < -0.39 is 21.7 Å². The van der Waals surface area contributed by atoms with Crippen LogP contribution in [0.15, 0.2) is 117 Å². The second-order valence-electron chi connectivity index (χ2n) is 8.43. The molecule has 0 unspecified atom stereocenters. The summed E-state index contributed by atoms with van der Waals surface area (Å²) in [5.74, 6) is 0.185. The molecular formula is C30H26N4O6S. The van der Waals surface area contributed by atoms with Gasteiger partial charge in [0.15, 0.2) is 0 Å². The van der Waals surface area contributed by atoms with Crippen LogP contribution in [0.1, 0.15) is 31.8 Å². The van der Waals surface area contributed by atoms with Gasteiger partial charge in [-0.2, -0.15) is 10.2 Å². The fourth-order valence-corrected chi connectivity index (χ4v) is 4.96. The predicted molar refractivity (Wildman–Crippen MR) is 154 cm³/mol. The Morgan fingerprint density at radius 2 is 0.976 bits per heavy atom. The zero-order chi connectivity index (χ0) is 29.2. The quantitative estimate of drug-likeness (QED) is 0.218. The normalized spacial score (nSPS) is 11.4. The van der Waals surface area contributed by atoms with Crippen LogP contribution in [0.5, 0.6) is 11.5 Å². The number of nitrogens with zero attached hydrogens (tertiary/aromatic N) is 2. The van der Waals surface area contributed by atoms with Gasteiger partial charge < -0.3 is 9.47 Å². The molecule has 208 valence electrons. The maximum Gasteiger partial charge on any atom is 0.271 e. The monoisotopic (exact) mass is 570 g/mol. The highest BCUT2D eigenvalue weighted by atomic mass is 32.2. The van der Waals surface area contributed by atoms with Gasteiger partial charge in [0.05, 0.1) is 36.4 Å². The molecular weight excluding hydrogens is 544 g/mol. The summed E-state index contributed by atoms with van der Waals surface area (Å²) in [5.41, 5.74) is 6.62. The Labute approximate surface area is 237 Å². The number of benzene rings is 4. The first-order chi connectivity index (χ1) is 19.8. The van der Waals surface area contributed by atoms with E-state index in [2.05, 4.69) is 21.1 Å². The molecule has 4 aromatic rings. The Hall–Kier alpha value is -5.29. The van der Waals surface area contributed by atoms with Gasteiger partial charge in [0.1, 0.15) is 11.5 Å². The summed E-state index contributed by atoms with van der Waals surface area (Å²) in [6.45, 7) is 0. The molecule has 0 aliphatic heterocycles. The SMILES string of the molecule is COc1ccccc1/C=N/NC(=O)c1ccc(S(=O)(=O)c2ccc(C(=O)N/N=C/c3ccccc3OC)cc2)cc1. The Kier molecular flexibility index (Phi) is 9.23. The van der Waals surface area contributed by atoms with Crippen molar-refractivity contribution in [1.82, 2.24) is 10.9 Å². The summed E-state index contributed by atoms with van der Waals surface area (Å²) < 4.78 is 36.7. The van der Waals surface area contributed by atoms with Crippen molar-refractivity contribution in [3.8, 4) is 11.5 Å². The predicted octanol–water partition coefficient (Wildman–Crippen LogP) is 4.06. The molecule has 0 aromatic heterocycles. The zero-order valence-corrected chi connectivity index (χ0v) is 23.0. The van der Waals surface area contributed by atoms with E-state index in [0.29, 0.717) is 22.6 Å².